The number of nitrogens with one attached hydrogen (secondary N) is 2. The van der Waals surface area contributed by atoms with E-state index in [2.05, 4.69) is 10.6 Å². The van der Waals surface area contributed by atoms with E-state index >= 15 is 0 Å². The second-order valence-corrected chi connectivity index (χ2v) is 4.54. The number of primary sulfonamides is 1. The Bertz CT molecular complexity index is 234. The van der Waals surface area contributed by atoms with Crippen molar-refractivity contribution in [1.29, 1.82) is 0 Å². The molecule has 1 aliphatic heterocycles. The average Bonchev–Trinajstić information content (AvgIpc) is 2.03. The van der Waals surface area contributed by atoms with Gasteiger partial charge in [0.15, 0.2) is 0 Å². The van der Waals surface area contributed by atoms with Crippen LogP contribution in [0, 0.1) is 0 Å². The van der Waals surface area contributed by atoms with Gasteiger partial charge in [0, 0.05) is 19.6 Å². The molecule has 12 heavy (non-hydrogen) atoms. The summed E-state index contributed by atoms with van der Waals surface area (Å²) in [5, 5.41) is 9.87. The molecule has 72 valence electrons. The van der Waals surface area contributed by atoms with Gasteiger partial charge in [0.25, 0.3) is 0 Å². The van der Waals surface area contributed by atoms with Gasteiger partial charge >= 0.3 is 0 Å². The molecule has 1 heterocycles. The zero-order valence-electron chi connectivity index (χ0n) is 6.66. The Morgan fingerprint density at radius 3 is 2.50 bits per heavy atom. The highest BCUT2D eigenvalue weighted by molar-refractivity contribution is 7.89. The smallest absolute Gasteiger partial charge is 0.226 e. The molecule has 6 N–H and O–H groups in total. The third kappa shape index (κ3) is 2.39. The van der Waals surface area contributed by atoms with Crippen LogP contribution in [0.2, 0.25) is 0 Å². The lowest BCUT2D eigenvalue weighted by Crippen LogP contribution is -2.60. The van der Waals surface area contributed by atoms with E-state index < -0.39 is 15.4 Å². The molecule has 0 aliphatic carbocycles. The highest BCUT2D eigenvalue weighted by Crippen LogP contribution is 1.97. The highest BCUT2D eigenvalue weighted by atomic mass is 32.2. The number of piperazine rings is 1. The minimum Gasteiger partial charge on any atom is -0.314 e. The quantitative estimate of drug-likeness (QED) is 0.377. The van der Waals surface area contributed by atoms with Crippen LogP contribution in [0.25, 0.3) is 0 Å². The van der Waals surface area contributed by atoms with Crippen molar-refractivity contribution >= 4 is 10.0 Å². The summed E-state index contributed by atoms with van der Waals surface area (Å²) in [6.07, 6.45) is 0. The molecule has 2 unspecified atom stereocenters. The van der Waals surface area contributed by atoms with Gasteiger partial charge in [-0.3, -0.25) is 0 Å². The van der Waals surface area contributed by atoms with Crippen LogP contribution in [0.3, 0.4) is 0 Å². The number of nitrogens with two attached hydrogens (primary N) is 2. The van der Waals surface area contributed by atoms with E-state index in [0.717, 1.165) is 6.54 Å². The molecular weight excluding hydrogens is 180 g/mol. The standard InChI is InChI=1S/C5H14N4O2S/c6-5(12(7,10)11)4-3-8-1-2-9-4/h4-5,8-9H,1-3,6H2,(H2,7,10,11). The van der Waals surface area contributed by atoms with E-state index in [9.17, 15) is 8.42 Å². The average molecular weight is 194 g/mol. The Morgan fingerprint density at radius 2 is 2.08 bits per heavy atom. The van der Waals surface area contributed by atoms with E-state index in [1.807, 2.05) is 0 Å². The molecule has 1 saturated heterocycles. The maximum atomic E-state index is 10.8. The SMILES string of the molecule is NC(C1CNCCN1)S(N)(=O)=O. The summed E-state index contributed by atoms with van der Waals surface area (Å²) in [4.78, 5) is 0. The van der Waals surface area contributed by atoms with Gasteiger partial charge in [0.05, 0.1) is 6.04 Å². The molecule has 0 aromatic heterocycles. The summed E-state index contributed by atoms with van der Waals surface area (Å²) in [6, 6.07) is -0.284. The van der Waals surface area contributed by atoms with Crippen LogP contribution in [0.4, 0.5) is 0 Å². The van der Waals surface area contributed by atoms with Crippen molar-refractivity contribution in [3.63, 3.8) is 0 Å². The van der Waals surface area contributed by atoms with Gasteiger partial charge in [-0.1, -0.05) is 0 Å². The van der Waals surface area contributed by atoms with E-state index in [-0.39, 0.29) is 6.04 Å². The van der Waals surface area contributed by atoms with Crippen LogP contribution in [0.5, 0.6) is 0 Å². The van der Waals surface area contributed by atoms with Crippen LogP contribution < -0.4 is 21.5 Å². The summed E-state index contributed by atoms with van der Waals surface area (Å²) in [7, 11) is -3.63. The Morgan fingerprint density at radius 1 is 1.42 bits per heavy atom. The lowest BCUT2D eigenvalue weighted by molar-refractivity contribution is 0.401. The zero-order valence-corrected chi connectivity index (χ0v) is 7.47. The first-order valence-electron chi connectivity index (χ1n) is 3.73. The molecule has 0 aromatic carbocycles. The molecule has 1 aliphatic rings. The Balaban J connectivity index is 2.57. The van der Waals surface area contributed by atoms with Gasteiger partial charge < -0.3 is 16.4 Å². The third-order valence-corrected chi connectivity index (χ3v) is 2.94. The van der Waals surface area contributed by atoms with Gasteiger partial charge in [-0.15, -0.1) is 0 Å². The topological polar surface area (TPSA) is 110 Å². The molecular formula is C5H14N4O2S. The summed E-state index contributed by atoms with van der Waals surface area (Å²) in [5.41, 5.74) is 5.41. The largest absolute Gasteiger partial charge is 0.314 e. The molecule has 1 rings (SSSR count). The molecule has 0 bridgehead atoms. The Hall–Kier alpha value is -0.210. The molecule has 7 heteroatoms. The van der Waals surface area contributed by atoms with Crippen molar-refractivity contribution in [3.8, 4) is 0 Å². The molecule has 0 amide bonds. The normalized spacial score (nSPS) is 28.3. The van der Waals surface area contributed by atoms with Gasteiger partial charge in [0.1, 0.15) is 5.37 Å². The monoisotopic (exact) mass is 194 g/mol. The first kappa shape index (κ1) is 9.87. The Kier molecular flexibility index (Phi) is 3.02. The van der Waals surface area contributed by atoms with Crippen LogP contribution in [0.15, 0.2) is 0 Å². The summed E-state index contributed by atoms with van der Waals surface area (Å²) < 4.78 is 21.6. The predicted octanol–water partition coefficient (Wildman–Crippen LogP) is -2.88. The highest BCUT2D eigenvalue weighted by Gasteiger charge is 2.27. The number of rotatable bonds is 2. The van der Waals surface area contributed by atoms with Gasteiger partial charge in [0.2, 0.25) is 10.0 Å². The minimum absolute atomic E-state index is 0.284. The van der Waals surface area contributed by atoms with Crippen molar-refractivity contribution in [2.45, 2.75) is 11.4 Å². The van der Waals surface area contributed by atoms with Crippen molar-refractivity contribution in [3.05, 3.63) is 0 Å². The predicted molar refractivity (Wildman–Crippen MR) is 45.7 cm³/mol. The molecule has 0 aromatic rings. The maximum absolute atomic E-state index is 10.8. The fourth-order valence-corrected chi connectivity index (χ4v) is 1.79. The van der Waals surface area contributed by atoms with E-state index in [4.69, 9.17) is 10.9 Å². The van der Waals surface area contributed by atoms with Crippen LogP contribution in [0.1, 0.15) is 0 Å². The van der Waals surface area contributed by atoms with Gasteiger partial charge in [-0.25, -0.2) is 13.6 Å². The second-order valence-electron chi connectivity index (χ2n) is 2.82. The van der Waals surface area contributed by atoms with Gasteiger partial charge in [-0.05, 0) is 0 Å². The summed E-state index contributed by atoms with van der Waals surface area (Å²) >= 11 is 0. The van der Waals surface area contributed by atoms with Crippen molar-refractivity contribution in [2.75, 3.05) is 19.6 Å². The fourth-order valence-electron chi connectivity index (χ4n) is 1.14. The van der Waals surface area contributed by atoms with Crippen molar-refractivity contribution in [2.24, 2.45) is 10.9 Å². The van der Waals surface area contributed by atoms with Gasteiger partial charge in [-0.2, -0.15) is 0 Å². The van der Waals surface area contributed by atoms with Crippen LogP contribution in [-0.2, 0) is 10.0 Å². The second kappa shape index (κ2) is 3.67. The lowest BCUT2D eigenvalue weighted by atomic mass is 10.2. The molecule has 0 radical (unpaired) electrons. The fraction of sp³-hybridized carbons (Fsp3) is 1.00. The lowest BCUT2D eigenvalue weighted by Gasteiger charge is -2.27. The number of hydrogen-bond acceptors (Lipinski definition) is 5. The van der Waals surface area contributed by atoms with E-state index in [1.165, 1.54) is 0 Å². The first-order valence-corrected chi connectivity index (χ1v) is 5.34. The minimum atomic E-state index is -3.63. The van der Waals surface area contributed by atoms with E-state index in [1.54, 1.807) is 0 Å². The molecule has 0 spiro atoms. The first-order chi connectivity index (χ1) is 5.52. The third-order valence-electron chi connectivity index (χ3n) is 1.85. The summed E-state index contributed by atoms with van der Waals surface area (Å²) in [5.74, 6) is 0. The molecule has 2 atom stereocenters. The Labute approximate surface area is 71.7 Å². The van der Waals surface area contributed by atoms with Crippen molar-refractivity contribution < 1.29 is 8.42 Å². The molecule has 1 fully saturated rings. The van der Waals surface area contributed by atoms with Crippen molar-refractivity contribution in [1.82, 2.24) is 10.6 Å². The zero-order chi connectivity index (χ0) is 9.19. The van der Waals surface area contributed by atoms with Crippen LogP contribution >= 0.6 is 0 Å². The van der Waals surface area contributed by atoms with E-state index in [0.29, 0.717) is 13.1 Å². The molecule has 0 saturated carbocycles. The molecule has 6 nitrogen and oxygen atoms in total. The number of hydrogen-bond donors (Lipinski definition) is 4. The van der Waals surface area contributed by atoms with Crippen LogP contribution in [-0.4, -0.2) is 39.5 Å². The maximum Gasteiger partial charge on any atom is 0.226 e. The number of sulfonamides is 1. The summed E-state index contributed by atoms with van der Waals surface area (Å²) in [6.45, 7) is 2.08.